The summed E-state index contributed by atoms with van der Waals surface area (Å²) in [5.74, 6) is 0. The normalized spacial score (nSPS) is 14.0. The van der Waals surface area contributed by atoms with Gasteiger partial charge < -0.3 is 5.11 Å². The van der Waals surface area contributed by atoms with Crippen molar-refractivity contribution in [1.29, 1.82) is 0 Å². The number of hydrogen-bond donors (Lipinski definition) is 2. The van der Waals surface area contributed by atoms with Crippen molar-refractivity contribution in [3.05, 3.63) is 11.2 Å². The van der Waals surface area contributed by atoms with Crippen LogP contribution in [0.15, 0.2) is 11.2 Å². The average molecular weight is 268 g/mol. The maximum Gasteiger partial charge on any atom is 0.259 e. The highest BCUT2D eigenvalue weighted by atomic mass is 35.5. The molecular weight excluding hydrogens is 254 g/mol. The van der Waals surface area contributed by atoms with E-state index in [1.54, 1.807) is 6.92 Å². The standard InChI is InChI=1S/C8H14ClN3O3S/c1-3-6(5-13)11-16(14,15)8-7(9)4-10-12(8)2/h4,6,11,13H,3,5H2,1-2H3/t6-/m1/s1. The molecule has 0 aliphatic rings. The van der Waals surface area contributed by atoms with Gasteiger partial charge in [0, 0.05) is 13.1 Å². The molecule has 0 unspecified atom stereocenters. The van der Waals surface area contributed by atoms with Crippen LogP contribution in [0, 0.1) is 0 Å². The summed E-state index contributed by atoms with van der Waals surface area (Å²) in [5.41, 5.74) is 0. The lowest BCUT2D eigenvalue weighted by molar-refractivity contribution is 0.253. The zero-order chi connectivity index (χ0) is 12.3. The van der Waals surface area contributed by atoms with Crippen molar-refractivity contribution in [2.45, 2.75) is 24.4 Å². The van der Waals surface area contributed by atoms with Gasteiger partial charge in [-0.1, -0.05) is 18.5 Å². The van der Waals surface area contributed by atoms with Gasteiger partial charge in [0.2, 0.25) is 0 Å². The van der Waals surface area contributed by atoms with E-state index in [1.165, 1.54) is 17.9 Å². The first-order valence-corrected chi connectivity index (χ1v) is 6.59. The average Bonchev–Trinajstić information content (AvgIpc) is 2.55. The lowest BCUT2D eigenvalue weighted by Gasteiger charge is -2.14. The van der Waals surface area contributed by atoms with Gasteiger partial charge in [0.15, 0.2) is 5.03 Å². The predicted molar refractivity (Wildman–Crippen MR) is 59.7 cm³/mol. The summed E-state index contributed by atoms with van der Waals surface area (Å²) in [4.78, 5) is 0. The fourth-order valence-corrected chi connectivity index (χ4v) is 3.19. The Balaban J connectivity index is 3.03. The van der Waals surface area contributed by atoms with Crippen LogP contribution < -0.4 is 4.72 Å². The van der Waals surface area contributed by atoms with Crippen LogP contribution in [0.25, 0.3) is 0 Å². The molecule has 1 aromatic rings. The minimum Gasteiger partial charge on any atom is -0.395 e. The number of nitrogens with zero attached hydrogens (tertiary/aromatic N) is 2. The van der Waals surface area contributed by atoms with Gasteiger partial charge in [-0.25, -0.2) is 13.1 Å². The topological polar surface area (TPSA) is 84.2 Å². The van der Waals surface area contributed by atoms with Gasteiger partial charge in [0.1, 0.15) is 0 Å². The number of halogens is 1. The molecule has 16 heavy (non-hydrogen) atoms. The van der Waals surface area contributed by atoms with E-state index in [0.29, 0.717) is 6.42 Å². The van der Waals surface area contributed by atoms with Crippen LogP contribution in [0.3, 0.4) is 0 Å². The molecule has 0 aliphatic heterocycles. The molecule has 0 fully saturated rings. The maximum atomic E-state index is 11.9. The Kier molecular flexibility index (Phi) is 4.31. The molecule has 0 bridgehead atoms. The van der Waals surface area contributed by atoms with E-state index in [2.05, 4.69) is 9.82 Å². The Morgan fingerprint density at radius 2 is 2.31 bits per heavy atom. The molecule has 1 rings (SSSR count). The highest BCUT2D eigenvalue weighted by molar-refractivity contribution is 7.89. The van der Waals surface area contributed by atoms with E-state index in [0.717, 1.165) is 0 Å². The van der Waals surface area contributed by atoms with Crippen molar-refractivity contribution in [2.24, 2.45) is 7.05 Å². The smallest absolute Gasteiger partial charge is 0.259 e. The quantitative estimate of drug-likeness (QED) is 0.794. The van der Waals surface area contributed by atoms with Gasteiger partial charge in [-0.05, 0) is 6.42 Å². The number of aromatic nitrogens is 2. The molecule has 0 saturated carbocycles. The molecule has 0 aliphatic carbocycles. The monoisotopic (exact) mass is 267 g/mol. The Morgan fingerprint density at radius 1 is 1.69 bits per heavy atom. The van der Waals surface area contributed by atoms with Crippen LogP contribution >= 0.6 is 11.6 Å². The molecule has 2 N–H and O–H groups in total. The molecule has 6 nitrogen and oxygen atoms in total. The fraction of sp³-hybridized carbons (Fsp3) is 0.625. The summed E-state index contributed by atoms with van der Waals surface area (Å²) in [5, 5.41) is 12.6. The van der Waals surface area contributed by atoms with E-state index in [1.807, 2.05) is 0 Å². The van der Waals surface area contributed by atoms with E-state index in [9.17, 15) is 8.42 Å². The van der Waals surface area contributed by atoms with Gasteiger partial charge >= 0.3 is 0 Å². The first-order valence-electron chi connectivity index (χ1n) is 4.73. The Bertz CT molecular complexity index is 434. The molecule has 0 spiro atoms. The SMILES string of the molecule is CC[C@H](CO)NS(=O)(=O)c1c(Cl)cnn1C. The lowest BCUT2D eigenvalue weighted by atomic mass is 10.3. The van der Waals surface area contributed by atoms with Crippen molar-refractivity contribution >= 4 is 21.6 Å². The number of aliphatic hydroxyl groups excluding tert-OH is 1. The first-order chi connectivity index (χ1) is 7.42. The van der Waals surface area contributed by atoms with Crippen molar-refractivity contribution < 1.29 is 13.5 Å². The molecule has 0 saturated heterocycles. The molecule has 1 heterocycles. The summed E-state index contributed by atoms with van der Waals surface area (Å²) >= 11 is 5.73. The summed E-state index contributed by atoms with van der Waals surface area (Å²) < 4.78 is 27.3. The molecule has 92 valence electrons. The van der Waals surface area contributed by atoms with Gasteiger partial charge in [-0.15, -0.1) is 0 Å². The number of rotatable bonds is 5. The van der Waals surface area contributed by atoms with Crippen molar-refractivity contribution in [3.8, 4) is 0 Å². The van der Waals surface area contributed by atoms with Crippen LogP contribution in [0.5, 0.6) is 0 Å². The van der Waals surface area contributed by atoms with Crippen LogP contribution in [0.1, 0.15) is 13.3 Å². The number of hydrogen-bond acceptors (Lipinski definition) is 4. The second-order valence-corrected chi connectivity index (χ2v) is 5.37. The van der Waals surface area contributed by atoms with Gasteiger partial charge in [-0.3, -0.25) is 4.68 Å². The Hall–Kier alpha value is -0.630. The van der Waals surface area contributed by atoms with Crippen molar-refractivity contribution in [3.63, 3.8) is 0 Å². The molecule has 0 amide bonds. The van der Waals surface area contributed by atoms with Crippen LogP contribution in [0.4, 0.5) is 0 Å². The zero-order valence-electron chi connectivity index (χ0n) is 9.01. The molecule has 0 aromatic carbocycles. The summed E-state index contributed by atoms with van der Waals surface area (Å²) in [6, 6.07) is -0.518. The molecule has 0 radical (unpaired) electrons. The summed E-state index contributed by atoms with van der Waals surface area (Å²) in [6.45, 7) is 1.51. The van der Waals surface area contributed by atoms with E-state index in [4.69, 9.17) is 16.7 Å². The number of sulfonamides is 1. The molecule has 1 atom stereocenters. The maximum absolute atomic E-state index is 11.9. The van der Waals surface area contributed by atoms with Crippen LogP contribution in [-0.4, -0.2) is 36.0 Å². The van der Waals surface area contributed by atoms with E-state index < -0.39 is 16.1 Å². The summed E-state index contributed by atoms with van der Waals surface area (Å²) in [6.07, 6.45) is 1.75. The minimum absolute atomic E-state index is 0.0581. The third-order valence-electron chi connectivity index (χ3n) is 2.13. The van der Waals surface area contributed by atoms with Gasteiger partial charge in [-0.2, -0.15) is 5.10 Å². The second-order valence-electron chi connectivity index (χ2n) is 3.33. The molecule has 1 aromatic heterocycles. The van der Waals surface area contributed by atoms with E-state index >= 15 is 0 Å². The van der Waals surface area contributed by atoms with Gasteiger partial charge in [0.05, 0.1) is 17.8 Å². The van der Waals surface area contributed by atoms with E-state index in [-0.39, 0.29) is 16.7 Å². The predicted octanol–water partition coefficient (Wildman–Crippen LogP) is 0.123. The zero-order valence-corrected chi connectivity index (χ0v) is 10.6. The Morgan fingerprint density at radius 3 is 2.69 bits per heavy atom. The summed E-state index contributed by atoms with van der Waals surface area (Å²) in [7, 11) is -2.26. The van der Waals surface area contributed by atoms with Gasteiger partial charge in [0.25, 0.3) is 10.0 Å². The Labute approximate surface area is 99.3 Å². The molecular formula is C8H14ClN3O3S. The first kappa shape index (κ1) is 13.4. The molecule has 8 heteroatoms. The number of nitrogens with one attached hydrogen (secondary N) is 1. The third-order valence-corrected chi connectivity index (χ3v) is 4.16. The lowest BCUT2D eigenvalue weighted by Crippen LogP contribution is -2.37. The highest BCUT2D eigenvalue weighted by Gasteiger charge is 2.25. The largest absolute Gasteiger partial charge is 0.395 e. The fourth-order valence-electron chi connectivity index (χ4n) is 1.23. The van der Waals surface area contributed by atoms with Crippen molar-refractivity contribution in [1.82, 2.24) is 14.5 Å². The third kappa shape index (κ3) is 2.73. The number of aryl methyl sites for hydroxylation is 1. The highest BCUT2D eigenvalue weighted by Crippen LogP contribution is 2.19. The van der Waals surface area contributed by atoms with Crippen LogP contribution in [-0.2, 0) is 17.1 Å². The van der Waals surface area contributed by atoms with Crippen LogP contribution in [0.2, 0.25) is 5.02 Å². The van der Waals surface area contributed by atoms with Crippen molar-refractivity contribution in [2.75, 3.05) is 6.61 Å². The second kappa shape index (κ2) is 5.13. The minimum atomic E-state index is -3.74. The number of aliphatic hydroxyl groups is 1.